The maximum atomic E-state index is 13.9. The Morgan fingerprint density at radius 2 is 2.10 bits per heavy atom. The van der Waals surface area contributed by atoms with E-state index in [9.17, 15) is 4.39 Å². The molecule has 1 atom stereocenters. The molecule has 0 aromatic heterocycles. The normalized spacial score (nSPS) is 17.3. The van der Waals surface area contributed by atoms with Crippen LogP contribution in [0.25, 0.3) is 0 Å². The number of benzene rings is 1. The number of halogens is 2. The molecule has 118 valence electrons. The van der Waals surface area contributed by atoms with Gasteiger partial charge in [-0.05, 0) is 61.9 Å². The molecule has 1 N–H and O–H groups in total. The summed E-state index contributed by atoms with van der Waals surface area (Å²) in [7, 11) is 0. The molecule has 0 bridgehead atoms. The van der Waals surface area contributed by atoms with Gasteiger partial charge < -0.3 is 5.32 Å². The van der Waals surface area contributed by atoms with Crippen molar-refractivity contribution >= 4 is 11.6 Å². The monoisotopic (exact) mass is 311 g/mol. The van der Waals surface area contributed by atoms with Crippen molar-refractivity contribution in [1.82, 2.24) is 5.32 Å². The van der Waals surface area contributed by atoms with Crippen molar-refractivity contribution in [3.8, 4) is 0 Å². The smallest absolute Gasteiger partial charge is 0.126 e. The first-order valence-electron chi connectivity index (χ1n) is 8.36. The highest BCUT2D eigenvalue weighted by molar-refractivity contribution is 6.30. The first kappa shape index (κ1) is 16.8. The van der Waals surface area contributed by atoms with Crippen LogP contribution in [0.15, 0.2) is 18.2 Å². The minimum atomic E-state index is -0.136. The van der Waals surface area contributed by atoms with Gasteiger partial charge in [0.2, 0.25) is 0 Å². The highest BCUT2D eigenvalue weighted by Gasteiger charge is 2.18. The van der Waals surface area contributed by atoms with Gasteiger partial charge in [0.15, 0.2) is 0 Å². The van der Waals surface area contributed by atoms with Crippen LogP contribution in [0.4, 0.5) is 4.39 Å². The molecule has 2 rings (SSSR count). The van der Waals surface area contributed by atoms with Crippen molar-refractivity contribution in [3.63, 3.8) is 0 Å². The molecule has 1 unspecified atom stereocenters. The van der Waals surface area contributed by atoms with Gasteiger partial charge in [0.1, 0.15) is 5.82 Å². The van der Waals surface area contributed by atoms with Crippen LogP contribution < -0.4 is 5.32 Å². The molecule has 0 aliphatic heterocycles. The predicted octanol–water partition coefficient (Wildman–Crippen LogP) is 5.36. The van der Waals surface area contributed by atoms with Gasteiger partial charge >= 0.3 is 0 Å². The molecular weight excluding hydrogens is 285 g/mol. The van der Waals surface area contributed by atoms with Crippen molar-refractivity contribution < 1.29 is 4.39 Å². The van der Waals surface area contributed by atoms with E-state index in [0.29, 0.717) is 11.1 Å². The third-order valence-corrected chi connectivity index (χ3v) is 4.79. The summed E-state index contributed by atoms with van der Waals surface area (Å²) in [5, 5.41) is 4.20. The van der Waals surface area contributed by atoms with Crippen LogP contribution in [-0.4, -0.2) is 12.6 Å². The minimum absolute atomic E-state index is 0.136. The molecule has 0 spiro atoms. The number of rotatable bonds is 8. The summed E-state index contributed by atoms with van der Waals surface area (Å²) in [6, 6.07) is 5.23. The topological polar surface area (TPSA) is 12.0 Å². The van der Waals surface area contributed by atoms with Gasteiger partial charge in [-0.3, -0.25) is 0 Å². The van der Waals surface area contributed by atoms with Crippen LogP contribution in [0.1, 0.15) is 57.4 Å². The van der Waals surface area contributed by atoms with Crippen molar-refractivity contribution in [2.45, 2.75) is 64.3 Å². The molecule has 1 aromatic rings. The fraction of sp³-hybridized carbons (Fsp3) is 0.667. The number of nitrogens with one attached hydrogen (secondary N) is 1. The van der Waals surface area contributed by atoms with Crippen LogP contribution in [0.3, 0.4) is 0 Å². The predicted molar refractivity (Wildman–Crippen MR) is 88.4 cm³/mol. The Hall–Kier alpha value is -0.600. The summed E-state index contributed by atoms with van der Waals surface area (Å²) >= 11 is 6.00. The molecular formula is C18H27ClFN. The number of hydrogen-bond acceptors (Lipinski definition) is 1. The van der Waals surface area contributed by atoms with Gasteiger partial charge in [0.25, 0.3) is 0 Å². The molecule has 1 aromatic carbocycles. The molecule has 3 heteroatoms. The molecule has 1 nitrogen and oxygen atoms in total. The average Bonchev–Trinajstić information content (AvgIpc) is 2.99. The zero-order valence-electron chi connectivity index (χ0n) is 13.0. The van der Waals surface area contributed by atoms with Crippen LogP contribution in [0.2, 0.25) is 5.02 Å². The Labute approximate surface area is 133 Å². The maximum Gasteiger partial charge on any atom is 0.126 e. The Kier molecular flexibility index (Phi) is 6.98. The standard InChI is InChI=1S/C18H27ClFN/c1-2-11-21-17(9-7-14-5-3-4-6-14)13-15-12-16(19)8-10-18(15)20/h8,10,12,14,17,21H,2-7,9,11,13H2,1H3. The van der Waals surface area contributed by atoms with E-state index in [0.717, 1.165) is 37.3 Å². The van der Waals surface area contributed by atoms with Gasteiger partial charge in [-0.15, -0.1) is 0 Å². The Morgan fingerprint density at radius 1 is 1.33 bits per heavy atom. The summed E-state index contributed by atoms with van der Waals surface area (Å²) in [5.74, 6) is 0.753. The Balaban J connectivity index is 1.92. The van der Waals surface area contributed by atoms with Gasteiger partial charge in [0.05, 0.1) is 0 Å². The molecule has 0 radical (unpaired) electrons. The highest BCUT2D eigenvalue weighted by atomic mass is 35.5. The lowest BCUT2D eigenvalue weighted by atomic mass is 9.95. The molecule has 1 saturated carbocycles. The molecule has 0 heterocycles. The first-order chi connectivity index (χ1) is 10.2. The van der Waals surface area contributed by atoms with E-state index in [4.69, 9.17) is 11.6 Å². The van der Waals surface area contributed by atoms with E-state index in [2.05, 4.69) is 12.2 Å². The van der Waals surface area contributed by atoms with Crippen molar-refractivity contribution in [3.05, 3.63) is 34.6 Å². The first-order valence-corrected chi connectivity index (χ1v) is 8.74. The summed E-state index contributed by atoms with van der Waals surface area (Å²) in [5.41, 5.74) is 0.738. The van der Waals surface area contributed by atoms with Crippen molar-refractivity contribution in [2.75, 3.05) is 6.54 Å². The third kappa shape index (κ3) is 5.60. The fourth-order valence-electron chi connectivity index (χ4n) is 3.33. The van der Waals surface area contributed by atoms with E-state index < -0.39 is 0 Å². The second-order valence-corrected chi connectivity index (χ2v) is 6.76. The number of hydrogen-bond donors (Lipinski definition) is 1. The highest BCUT2D eigenvalue weighted by Crippen LogP contribution is 2.29. The quantitative estimate of drug-likeness (QED) is 0.681. The summed E-state index contributed by atoms with van der Waals surface area (Å²) in [6.07, 6.45) is 9.79. The zero-order chi connectivity index (χ0) is 15.1. The lowest BCUT2D eigenvalue weighted by molar-refractivity contribution is 0.399. The lowest BCUT2D eigenvalue weighted by Crippen LogP contribution is -2.32. The fourth-order valence-corrected chi connectivity index (χ4v) is 3.52. The van der Waals surface area contributed by atoms with Crippen LogP contribution >= 0.6 is 11.6 Å². The van der Waals surface area contributed by atoms with E-state index in [1.807, 2.05) is 0 Å². The van der Waals surface area contributed by atoms with Crippen LogP contribution in [0.5, 0.6) is 0 Å². The average molecular weight is 312 g/mol. The van der Waals surface area contributed by atoms with Gasteiger partial charge in [-0.1, -0.05) is 44.2 Å². The minimum Gasteiger partial charge on any atom is -0.314 e. The second kappa shape index (κ2) is 8.75. The van der Waals surface area contributed by atoms with Crippen LogP contribution in [-0.2, 0) is 6.42 Å². The van der Waals surface area contributed by atoms with Gasteiger partial charge in [0, 0.05) is 11.1 Å². The summed E-state index contributed by atoms with van der Waals surface area (Å²) in [6.45, 7) is 3.17. The largest absolute Gasteiger partial charge is 0.314 e. The van der Waals surface area contributed by atoms with Gasteiger partial charge in [-0.2, -0.15) is 0 Å². The van der Waals surface area contributed by atoms with E-state index in [-0.39, 0.29) is 5.82 Å². The second-order valence-electron chi connectivity index (χ2n) is 6.32. The third-order valence-electron chi connectivity index (χ3n) is 4.56. The summed E-state index contributed by atoms with van der Waals surface area (Å²) < 4.78 is 13.9. The molecule has 1 fully saturated rings. The van der Waals surface area contributed by atoms with Crippen molar-refractivity contribution in [2.24, 2.45) is 5.92 Å². The molecule has 21 heavy (non-hydrogen) atoms. The zero-order valence-corrected chi connectivity index (χ0v) is 13.8. The molecule has 1 aliphatic rings. The molecule has 0 amide bonds. The van der Waals surface area contributed by atoms with Crippen LogP contribution in [0, 0.1) is 11.7 Å². The SMILES string of the molecule is CCCNC(CCC1CCCC1)Cc1cc(Cl)ccc1F. The summed E-state index contributed by atoms with van der Waals surface area (Å²) in [4.78, 5) is 0. The van der Waals surface area contributed by atoms with E-state index in [1.165, 1.54) is 38.2 Å². The van der Waals surface area contributed by atoms with Gasteiger partial charge in [-0.25, -0.2) is 4.39 Å². The Morgan fingerprint density at radius 3 is 2.81 bits per heavy atom. The van der Waals surface area contributed by atoms with Crippen molar-refractivity contribution in [1.29, 1.82) is 0 Å². The lowest BCUT2D eigenvalue weighted by Gasteiger charge is -2.21. The maximum absolute atomic E-state index is 13.9. The molecule has 0 saturated heterocycles. The van der Waals surface area contributed by atoms with E-state index >= 15 is 0 Å². The van der Waals surface area contributed by atoms with E-state index in [1.54, 1.807) is 12.1 Å². The molecule has 1 aliphatic carbocycles. The Bertz CT molecular complexity index is 429.